The molecule has 0 radical (unpaired) electrons. The third kappa shape index (κ3) is 5.55. The number of carbonyl (C=O) groups excluding carboxylic acids is 2. The molecule has 2 aliphatic heterocycles. The second-order valence-corrected chi connectivity index (χ2v) is 9.94. The van der Waals surface area contributed by atoms with Crippen LogP contribution >= 0.6 is 0 Å². The average molecular weight is 532 g/mol. The van der Waals surface area contributed by atoms with E-state index < -0.39 is 47.5 Å². The lowest BCUT2D eigenvalue weighted by atomic mass is 10.0. The van der Waals surface area contributed by atoms with Gasteiger partial charge in [0, 0.05) is 31.7 Å². The van der Waals surface area contributed by atoms with Crippen molar-refractivity contribution in [3.63, 3.8) is 0 Å². The number of alkyl halides is 6. The van der Waals surface area contributed by atoms with E-state index in [2.05, 4.69) is 0 Å². The largest absolute Gasteiger partial charge is 0.416 e. The van der Waals surface area contributed by atoms with Gasteiger partial charge < -0.3 is 15.5 Å². The van der Waals surface area contributed by atoms with Crippen LogP contribution in [0.15, 0.2) is 18.2 Å². The van der Waals surface area contributed by atoms with Crippen molar-refractivity contribution in [1.29, 1.82) is 5.26 Å². The number of hydrogen-bond donors (Lipinski definition) is 1. The van der Waals surface area contributed by atoms with E-state index in [1.165, 1.54) is 9.80 Å². The monoisotopic (exact) mass is 531 g/mol. The number of nitrogens with zero attached hydrogens (tertiary/aromatic N) is 4. The molecule has 2 saturated heterocycles. The number of halogens is 6. The molecule has 37 heavy (non-hydrogen) atoms. The summed E-state index contributed by atoms with van der Waals surface area (Å²) in [5.41, 5.74) is 3.03. The zero-order valence-electron chi connectivity index (χ0n) is 20.0. The van der Waals surface area contributed by atoms with Crippen molar-refractivity contribution >= 4 is 11.8 Å². The highest BCUT2D eigenvalue weighted by molar-refractivity contribution is 5.86. The summed E-state index contributed by atoms with van der Waals surface area (Å²) in [6, 6.07) is 1.23. The fraction of sp³-hybridized carbons (Fsp3) is 0.625. The molecule has 2 N–H and O–H groups in total. The maximum Gasteiger partial charge on any atom is 0.416 e. The van der Waals surface area contributed by atoms with E-state index in [1.54, 1.807) is 4.90 Å². The molecule has 2 amide bonds. The van der Waals surface area contributed by atoms with E-state index in [4.69, 9.17) is 11.0 Å². The highest BCUT2D eigenvalue weighted by Gasteiger charge is 2.51. The summed E-state index contributed by atoms with van der Waals surface area (Å²) in [7, 11) is 0. The van der Waals surface area contributed by atoms with Crippen LogP contribution in [-0.2, 0) is 28.5 Å². The van der Waals surface area contributed by atoms with E-state index in [-0.39, 0.29) is 43.2 Å². The van der Waals surface area contributed by atoms with Gasteiger partial charge in [-0.3, -0.25) is 14.5 Å². The van der Waals surface area contributed by atoms with E-state index in [0.717, 1.165) is 12.8 Å². The Morgan fingerprint density at radius 3 is 2.27 bits per heavy atom. The Kier molecular flexibility index (Phi) is 7.20. The van der Waals surface area contributed by atoms with Crippen LogP contribution in [0, 0.1) is 17.2 Å². The maximum absolute atomic E-state index is 13.2. The minimum absolute atomic E-state index is 0.0237. The fourth-order valence-corrected chi connectivity index (χ4v) is 5.48. The second-order valence-electron chi connectivity index (χ2n) is 9.94. The summed E-state index contributed by atoms with van der Waals surface area (Å²) in [5.74, 6) is -0.474. The van der Waals surface area contributed by atoms with Crippen molar-refractivity contribution < 1.29 is 35.9 Å². The first kappa shape index (κ1) is 27.2. The van der Waals surface area contributed by atoms with Crippen LogP contribution in [0.1, 0.15) is 42.9 Å². The number of carbonyl (C=O) groups is 2. The van der Waals surface area contributed by atoms with Gasteiger partial charge in [-0.25, -0.2) is 0 Å². The van der Waals surface area contributed by atoms with Crippen LogP contribution in [0.2, 0.25) is 0 Å². The number of piperazine rings is 1. The maximum atomic E-state index is 13.2. The SMILES string of the molecule is CCC1CC1N(CC#N)C(=O)[C@@H](N)CN1CC2CC1C(=O)N2Cc1cc(C(F)(F)F)cc(C(F)(F)F)c1. The van der Waals surface area contributed by atoms with Gasteiger partial charge in [0.1, 0.15) is 6.54 Å². The van der Waals surface area contributed by atoms with Crippen molar-refractivity contribution in [2.24, 2.45) is 11.7 Å². The van der Waals surface area contributed by atoms with Crippen molar-refractivity contribution in [2.75, 3.05) is 19.6 Å². The summed E-state index contributed by atoms with van der Waals surface area (Å²) < 4.78 is 79.2. The van der Waals surface area contributed by atoms with Gasteiger partial charge in [-0.15, -0.1) is 0 Å². The fourth-order valence-electron chi connectivity index (χ4n) is 5.48. The molecule has 4 unspecified atom stereocenters. The smallest absolute Gasteiger partial charge is 0.333 e. The molecule has 1 aliphatic carbocycles. The summed E-state index contributed by atoms with van der Waals surface area (Å²) >= 11 is 0. The van der Waals surface area contributed by atoms with E-state index in [0.29, 0.717) is 31.0 Å². The van der Waals surface area contributed by atoms with E-state index in [1.807, 2.05) is 13.0 Å². The number of benzene rings is 1. The first-order valence-electron chi connectivity index (χ1n) is 12.0. The molecular weight excluding hydrogens is 504 g/mol. The Labute approximate surface area is 209 Å². The number of hydrogen-bond acceptors (Lipinski definition) is 5. The third-order valence-corrected chi connectivity index (χ3v) is 7.47. The number of amides is 2. The molecule has 0 spiro atoms. The predicted octanol–water partition coefficient (Wildman–Crippen LogP) is 2.99. The summed E-state index contributed by atoms with van der Waals surface area (Å²) in [6.45, 7) is 1.89. The minimum atomic E-state index is -4.97. The number of nitriles is 1. The number of nitrogens with two attached hydrogens (primary N) is 1. The average Bonchev–Trinajstić information content (AvgIpc) is 3.40. The van der Waals surface area contributed by atoms with Crippen LogP contribution in [0.4, 0.5) is 26.3 Å². The molecule has 5 atom stereocenters. The van der Waals surface area contributed by atoms with Gasteiger partial charge in [-0.2, -0.15) is 31.6 Å². The zero-order valence-corrected chi connectivity index (χ0v) is 20.0. The van der Waals surface area contributed by atoms with Gasteiger partial charge in [0.25, 0.3) is 0 Å². The minimum Gasteiger partial charge on any atom is -0.333 e. The Hall–Kier alpha value is -2.85. The molecule has 2 heterocycles. The molecule has 13 heteroatoms. The van der Waals surface area contributed by atoms with E-state index >= 15 is 0 Å². The van der Waals surface area contributed by atoms with Crippen LogP contribution in [0.5, 0.6) is 0 Å². The zero-order chi connectivity index (χ0) is 27.3. The van der Waals surface area contributed by atoms with Gasteiger partial charge in [-0.05, 0) is 42.5 Å². The first-order valence-corrected chi connectivity index (χ1v) is 12.0. The predicted molar refractivity (Wildman–Crippen MR) is 118 cm³/mol. The molecule has 4 rings (SSSR count). The highest BCUT2D eigenvalue weighted by atomic mass is 19.4. The molecule has 3 fully saturated rings. The normalized spacial score (nSPS) is 26.4. The molecule has 1 aromatic carbocycles. The lowest BCUT2D eigenvalue weighted by Gasteiger charge is -2.35. The van der Waals surface area contributed by atoms with Gasteiger partial charge in [0.2, 0.25) is 11.8 Å². The Morgan fingerprint density at radius 1 is 1.16 bits per heavy atom. The van der Waals surface area contributed by atoms with Gasteiger partial charge >= 0.3 is 12.4 Å². The Balaban J connectivity index is 1.43. The van der Waals surface area contributed by atoms with Crippen molar-refractivity contribution in [3.05, 3.63) is 34.9 Å². The van der Waals surface area contributed by atoms with Crippen LogP contribution in [-0.4, -0.2) is 70.3 Å². The summed E-state index contributed by atoms with van der Waals surface area (Å²) in [4.78, 5) is 30.4. The lowest BCUT2D eigenvalue weighted by Crippen LogP contribution is -2.56. The number of fused-ring (bicyclic) bond motifs is 2. The topological polar surface area (TPSA) is 93.7 Å². The Bertz CT molecular complexity index is 1070. The standard InChI is InChI=1S/C24H27F6N5O2/c1-2-14-7-19(14)34(4-3-31)21(36)18(32)12-33-11-17-9-20(33)22(37)35(17)10-13-5-15(23(25,26)27)8-16(6-13)24(28,29)30/h5-6,8,14,17-20H,2,4,7,9-12,32H2,1H3/t14?,17?,18-,19?,20?/m0/s1. The van der Waals surface area contributed by atoms with E-state index in [9.17, 15) is 35.9 Å². The van der Waals surface area contributed by atoms with Gasteiger partial charge in [0.15, 0.2) is 0 Å². The quantitative estimate of drug-likeness (QED) is 0.411. The molecule has 3 aliphatic rings. The molecule has 1 aromatic rings. The highest BCUT2D eigenvalue weighted by Crippen LogP contribution is 2.40. The summed E-state index contributed by atoms with van der Waals surface area (Å²) in [6.07, 6.45) is -7.91. The van der Waals surface area contributed by atoms with Crippen molar-refractivity contribution in [3.8, 4) is 6.07 Å². The van der Waals surface area contributed by atoms with Gasteiger partial charge in [0.05, 0.1) is 29.3 Å². The van der Waals surface area contributed by atoms with Crippen molar-refractivity contribution in [2.45, 2.75) is 69.3 Å². The number of likely N-dealkylation sites (tertiary alicyclic amines) is 2. The van der Waals surface area contributed by atoms with Gasteiger partial charge in [-0.1, -0.05) is 13.3 Å². The summed E-state index contributed by atoms with van der Waals surface area (Å²) in [5, 5.41) is 9.11. The third-order valence-electron chi connectivity index (χ3n) is 7.47. The lowest BCUT2D eigenvalue weighted by molar-refractivity contribution is -0.143. The molecule has 202 valence electrons. The Morgan fingerprint density at radius 2 is 1.78 bits per heavy atom. The van der Waals surface area contributed by atoms with Crippen LogP contribution in [0.3, 0.4) is 0 Å². The molecule has 2 bridgehead atoms. The molecule has 7 nitrogen and oxygen atoms in total. The van der Waals surface area contributed by atoms with Crippen LogP contribution < -0.4 is 5.73 Å². The molecule has 1 saturated carbocycles. The van der Waals surface area contributed by atoms with Crippen LogP contribution in [0.25, 0.3) is 0 Å². The molecule has 0 aromatic heterocycles. The first-order chi connectivity index (χ1) is 17.2. The number of rotatable bonds is 8. The second kappa shape index (κ2) is 9.79. The van der Waals surface area contributed by atoms with Crippen molar-refractivity contribution in [1.82, 2.24) is 14.7 Å². The molecular formula is C24H27F6N5O2.